The Balaban J connectivity index is 1.36. The Morgan fingerprint density at radius 1 is 0.909 bits per heavy atom. The second kappa shape index (κ2) is 11.5. The molecule has 0 aliphatic heterocycles. The number of hydrogen-bond donors (Lipinski definition) is 0. The number of thiophene rings is 1. The van der Waals surface area contributed by atoms with E-state index in [2.05, 4.69) is 0 Å². The highest BCUT2D eigenvalue weighted by Crippen LogP contribution is 2.34. The van der Waals surface area contributed by atoms with Crippen molar-refractivity contribution < 1.29 is 22.4 Å². The third-order valence-corrected chi connectivity index (χ3v) is 9.05. The normalized spacial score (nSPS) is 11.8. The number of nitrogens with zero attached hydrogens (tertiary/aromatic N) is 3. The van der Waals surface area contributed by atoms with Crippen molar-refractivity contribution in [3.8, 4) is 22.5 Å². The zero-order chi connectivity index (χ0) is 31.2. The molecular weight excluding hydrogens is 611 g/mol. The Labute approximate surface area is 257 Å². The summed E-state index contributed by atoms with van der Waals surface area (Å²) in [5.41, 5.74) is 2.60. The number of hydrogen-bond acceptors (Lipinski definition) is 5. The van der Waals surface area contributed by atoms with Gasteiger partial charge in [-0.15, -0.1) is 11.3 Å². The maximum Gasteiger partial charge on any atom is 0.416 e. The average molecular weight is 634 g/mol. The SMILES string of the molecule is Cc1cc(C(=O)CSc2nc3scc(-c4ccc(F)cc4)c3c(=O)n2-c2ccccc2)c(C)n1-c1cccc(C(F)(F)F)c1. The Morgan fingerprint density at radius 2 is 1.61 bits per heavy atom. The standard InChI is InChI=1S/C33H23F4N3O2S2/c1-19-15-26(20(2)39(19)25-10-6-7-22(16-25)33(35,36)37)28(41)18-44-32-38-30-29(31(42)40(32)24-8-4-3-5-9-24)27(17-43-30)21-11-13-23(34)14-12-21/h3-17H,18H2,1-2H3. The van der Waals surface area contributed by atoms with Gasteiger partial charge in [0.05, 0.1) is 22.4 Å². The van der Waals surface area contributed by atoms with E-state index in [9.17, 15) is 27.2 Å². The predicted molar refractivity (Wildman–Crippen MR) is 166 cm³/mol. The molecule has 0 atom stereocenters. The molecule has 0 saturated carbocycles. The van der Waals surface area contributed by atoms with Crippen LogP contribution in [0.15, 0.2) is 100 Å². The molecule has 0 aliphatic rings. The third kappa shape index (κ3) is 5.48. The predicted octanol–water partition coefficient (Wildman–Crippen LogP) is 8.65. The van der Waals surface area contributed by atoms with Crippen LogP contribution in [0.1, 0.15) is 27.3 Å². The number of para-hydroxylation sites is 1. The molecule has 0 bridgehead atoms. The van der Waals surface area contributed by atoms with Crippen molar-refractivity contribution in [3.63, 3.8) is 0 Å². The molecule has 6 rings (SSSR count). The third-order valence-electron chi connectivity index (χ3n) is 7.24. The highest BCUT2D eigenvalue weighted by Gasteiger charge is 2.31. The second-order valence-electron chi connectivity index (χ2n) is 10.1. The van der Waals surface area contributed by atoms with Gasteiger partial charge in [-0.05, 0) is 67.9 Å². The fraction of sp³-hybridized carbons (Fsp3) is 0.121. The molecule has 11 heteroatoms. The van der Waals surface area contributed by atoms with Crippen molar-refractivity contribution in [2.45, 2.75) is 25.2 Å². The molecule has 3 aromatic heterocycles. The summed E-state index contributed by atoms with van der Waals surface area (Å²) in [4.78, 5) is 32.8. The van der Waals surface area contributed by atoms with Gasteiger partial charge in [0.25, 0.3) is 5.56 Å². The number of thioether (sulfide) groups is 1. The van der Waals surface area contributed by atoms with Crippen LogP contribution in [0.4, 0.5) is 17.6 Å². The number of carbonyl (C=O) groups is 1. The van der Waals surface area contributed by atoms with Crippen LogP contribution < -0.4 is 5.56 Å². The summed E-state index contributed by atoms with van der Waals surface area (Å²) in [6.45, 7) is 3.42. The van der Waals surface area contributed by atoms with Gasteiger partial charge in [-0.25, -0.2) is 9.37 Å². The summed E-state index contributed by atoms with van der Waals surface area (Å²) in [5, 5.41) is 2.52. The van der Waals surface area contributed by atoms with Crippen LogP contribution in [0, 0.1) is 19.7 Å². The van der Waals surface area contributed by atoms with Gasteiger partial charge < -0.3 is 4.57 Å². The minimum Gasteiger partial charge on any atom is -0.318 e. The first-order valence-electron chi connectivity index (χ1n) is 13.4. The number of halogens is 4. The molecule has 0 amide bonds. The number of benzene rings is 3. The molecule has 0 spiro atoms. The molecule has 3 heterocycles. The molecule has 0 N–H and O–H groups in total. The minimum atomic E-state index is -4.49. The quantitative estimate of drug-likeness (QED) is 0.0764. The molecule has 222 valence electrons. The summed E-state index contributed by atoms with van der Waals surface area (Å²) in [6.07, 6.45) is -4.49. The summed E-state index contributed by atoms with van der Waals surface area (Å²) in [5.74, 6) is -0.700. The Bertz CT molecular complexity index is 2080. The molecule has 5 nitrogen and oxygen atoms in total. The van der Waals surface area contributed by atoms with Crippen LogP contribution in [0.2, 0.25) is 0 Å². The van der Waals surface area contributed by atoms with Crippen LogP contribution >= 0.6 is 23.1 Å². The van der Waals surface area contributed by atoms with Crippen molar-refractivity contribution in [3.05, 3.63) is 129 Å². The Morgan fingerprint density at radius 3 is 2.32 bits per heavy atom. The lowest BCUT2D eigenvalue weighted by Gasteiger charge is -2.13. The molecule has 3 aromatic carbocycles. The monoisotopic (exact) mass is 633 g/mol. The molecule has 6 aromatic rings. The van der Waals surface area contributed by atoms with Gasteiger partial charge in [-0.3, -0.25) is 14.2 Å². The van der Waals surface area contributed by atoms with E-state index in [1.54, 1.807) is 66.9 Å². The van der Waals surface area contributed by atoms with E-state index in [0.29, 0.717) is 54.8 Å². The van der Waals surface area contributed by atoms with Gasteiger partial charge in [-0.1, -0.05) is 48.2 Å². The van der Waals surface area contributed by atoms with E-state index in [1.807, 2.05) is 11.4 Å². The smallest absolute Gasteiger partial charge is 0.318 e. The molecule has 0 saturated heterocycles. The van der Waals surface area contributed by atoms with Crippen molar-refractivity contribution in [2.75, 3.05) is 5.75 Å². The highest BCUT2D eigenvalue weighted by atomic mass is 32.2. The largest absolute Gasteiger partial charge is 0.416 e. The molecule has 44 heavy (non-hydrogen) atoms. The average Bonchev–Trinajstić information content (AvgIpc) is 3.56. The van der Waals surface area contributed by atoms with Crippen LogP contribution in [0.3, 0.4) is 0 Å². The number of alkyl halides is 3. The number of ketones is 1. The van der Waals surface area contributed by atoms with E-state index in [-0.39, 0.29) is 22.9 Å². The van der Waals surface area contributed by atoms with Gasteiger partial charge in [0, 0.05) is 33.6 Å². The number of aryl methyl sites for hydroxylation is 1. The zero-order valence-electron chi connectivity index (χ0n) is 23.4. The maximum absolute atomic E-state index is 14.0. The first kappa shape index (κ1) is 29.6. The summed E-state index contributed by atoms with van der Waals surface area (Å²) in [6, 6.07) is 21.5. The number of fused-ring (bicyclic) bond motifs is 1. The maximum atomic E-state index is 14.0. The molecule has 0 unspecified atom stereocenters. The highest BCUT2D eigenvalue weighted by molar-refractivity contribution is 7.99. The van der Waals surface area contributed by atoms with Gasteiger partial charge in [0.15, 0.2) is 10.9 Å². The minimum absolute atomic E-state index is 0.0616. The van der Waals surface area contributed by atoms with Crippen molar-refractivity contribution in [1.82, 2.24) is 14.1 Å². The number of Topliss-reactive ketones (excluding diaryl/α,β-unsaturated/α-hetero) is 1. The van der Waals surface area contributed by atoms with E-state index >= 15 is 0 Å². The van der Waals surface area contributed by atoms with E-state index in [0.717, 1.165) is 23.9 Å². The van der Waals surface area contributed by atoms with Gasteiger partial charge >= 0.3 is 6.18 Å². The van der Waals surface area contributed by atoms with Crippen LogP contribution in [-0.2, 0) is 6.18 Å². The second-order valence-corrected chi connectivity index (χ2v) is 11.9. The summed E-state index contributed by atoms with van der Waals surface area (Å²) in [7, 11) is 0. The Kier molecular flexibility index (Phi) is 7.77. The van der Waals surface area contributed by atoms with E-state index in [4.69, 9.17) is 4.98 Å². The summed E-state index contributed by atoms with van der Waals surface area (Å²) < 4.78 is 56.7. The van der Waals surface area contributed by atoms with Gasteiger partial charge in [0.1, 0.15) is 10.6 Å². The lowest BCUT2D eigenvalue weighted by molar-refractivity contribution is -0.137. The van der Waals surface area contributed by atoms with E-state index in [1.165, 1.54) is 34.1 Å². The number of rotatable bonds is 7. The first-order chi connectivity index (χ1) is 21.0. The fourth-order valence-electron chi connectivity index (χ4n) is 5.19. The van der Waals surface area contributed by atoms with Crippen molar-refractivity contribution in [1.29, 1.82) is 0 Å². The summed E-state index contributed by atoms with van der Waals surface area (Å²) >= 11 is 2.39. The lowest BCUT2D eigenvalue weighted by Crippen LogP contribution is -2.22. The van der Waals surface area contributed by atoms with Crippen molar-refractivity contribution in [2.24, 2.45) is 0 Å². The van der Waals surface area contributed by atoms with E-state index < -0.39 is 11.7 Å². The Hall–Kier alpha value is -4.48. The van der Waals surface area contributed by atoms with Gasteiger partial charge in [-0.2, -0.15) is 13.2 Å². The first-order valence-corrected chi connectivity index (χ1v) is 15.3. The van der Waals surface area contributed by atoms with Gasteiger partial charge in [0.2, 0.25) is 0 Å². The molecular formula is C33H23F4N3O2S2. The fourth-order valence-corrected chi connectivity index (χ4v) is 7.07. The van der Waals surface area contributed by atoms with Crippen LogP contribution in [0.25, 0.3) is 32.7 Å². The zero-order valence-corrected chi connectivity index (χ0v) is 25.0. The molecule has 0 aliphatic carbocycles. The lowest BCUT2D eigenvalue weighted by atomic mass is 10.1. The van der Waals surface area contributed by atoms with Crippen molar-refractivity contribution >= 4 is 39.1 Å². The topological polar surface area (TPSA) is 56.9 Å². The number of aromatic nitrogens is 3. The molecule has 0 fully saturated rings. The number of carbonyl (C=O) groups excluding carboxylic acids is 1. The molecule has 0 radical (unpaired) electrons. The van der Waals surface area contributed by atoms with Crippen LogP contribution in [0.5, 0.6) is 0 Å². The van der Waals surface area contributed by atoms with Crippen LogP contribution in [-0.4, -0.2) is 25.7 Å².